The van der Waals surface area contributed by atoms with Gasteiger partial charge in [-0.05, 0) is 36.9 Å². The van der Waals surface area contributed by atoms with Gasteiger partial charge in [0, 0.05) is 17.3 Å². The number of hydrogen-bond acceptors (Lipinski definition) is 3. The van der Waals surface area contributed by atoms with Crippen molar-refractivity contribution < 1.29 is 9.90 Å². The minimum atomic E-state index is -0.894. The number of thiophene rings is 1. The number of carboxylic acid groups (broad SMARTS) is 1. The lowest BCUT2D eigenvalue weighted by Gasteiger charge is -2.18. The minimum Gasteiger partial charge on any atom is -0.478 e. The van der Waals surface area contributed by atoms with Gasteiger partial charge in [-0.3, -0.25) is 0 Å². The highest BCUT2D eigenvalue weighted by molar-refractivity contribution is 7.09. The van der Waals surface area contributed by atoms with Crippen molar-refractivity contribution >= 4 is 23.0 Å². The van der Waals surface area contributed by atoms with Crippen LogP contribution in [0.3, 0.4) is 0 Å². The summed E-state index contributed by atoms with van der Waals surface area (Å²) in [6.07, 6.45) is 0.894. The molecule has 0 amide bonds. The second-order valence-corrected chi connectivity index (χ2v) is 5.66. The van der Waals surface area contributed by atoms with Crippen LogP contribution in [-0.2, 0) is 6.42 Å². The van der Waals surface area contributed by atoms with Gasteiger partial charge < -0.3 is 10.4 Å². The average molecular weight is 275 g/mol. The standard InChI is InChI=1S/C15H17NO2S/c1-10-5-3-7-13(15(17)18)14(10)16-11(2)9-12-6-4-8-19-12/h3-8,11,16H,9H2,1-2H3,(H,17,18). The molecule has 3 nitrogen and oxygen atoms in total. The van der Waals surface area contributed by atoms with Crippen molar-refractivity contribution in [2.24, 2.45) is 0 Å². The molecule has 0 aliphatic rings. The molecular formula is C15H17NO2S. The molecule has 4 heteroatoms. The van der Waals surface area contributed by atoms with E-state index in [1.54, 1.807) is 23.5 Å². The van der Waals surface area contributed by atoms with E-state index in [0.29, 0.717) is 5.56 Å². The van der Waals surface area contributed by atoms with Gasteiger partial charge in [-0.1, -0.05) is 18.2 Å². The molecule has 1 unspecified atom stereocenters. The molecule has 100 valence electrons. The Labute approximate surface area is 116 Å². The van der Waals surface area contributed by atoms with Gasteiger partial charge in [0.05, 0.1) is 11.3 Å². The highest BCUT2D eigenvalue weighted by Gasteiger charge is 2.14. The third-order valence-corrected chi connectivity index (χ3v) is 3.88. The molecule has 0 aliphatic carbocycles. The summed E-state index contributed by atoms with van der Waals surface area (Å²) in [5.74, 6) is -0.894. The number of carboxylic acids is 1. The van der Waals surface area contributed by atoms with Crippen LogP contribution in [-0.4, -0.2) is 17.1 Å². The van der Waals surface area contributed by atoms with Gasteiger partial charge >= 0.3 is 5.97 Å². The largest absolute Gasteiger partial charge is 0.478 e. The van der Waals surface area contributed by atoms with Crippen LogP contribution in [0.4, 0.5) is 5.69 Å². The van der Waals surface area contributed by atoms with Gasteiger partial charge in [-0.25, -0.2) is 4.79 Å². The number of benzene rings is 1. The number of carbonyl (C=O) groups is 1. The van der Waals surface area contributed by atoms with Crippen LogP contribution in [0.2, 0.25) is 0 Å². The molecular weight excluding hydrogens is 258 g/mol. The zero-order valence-corrected chi connectivity index (χ0v) is 11.8. The Bertz CT molecular complexity index is 564. The number of nitrogens with one attached hydrogen (secondary N) is 1. The zero-order valence-electron chi connectivity index (χ0n) is 11.0. The molecule has 19 heavy (non-hydrogen) atoms. The van der Waals surface area contributed by atoms with Crippen molar-refractivity contribution in [3.63, 3.8) is 0 Å². The van der Waals surface area contributed by atoms with E-state index in [1.807, 2.05) is 19.1 Å². The SMILES string of the molecule is Cc1cccc(C(=O)O)c1NC(C)Cc1cccs1. The second-order valence-electron chi connectivity index (χ2n) is 4.63. The lowest BCUT2D eigenvalue weighted by Crippen LogP contribution is -2.20. The summed E-state index contributed by atoms with van der Waals surface area (Å²) in [5.41, 5.74) is 2.01. The molecule has 0 spiro atoms. The third-order valence-electron chi connectivity index (χ3n) is 2.98. The summed E-state index contributed by atoms with van der Waals surface area (Å²) in [4.78, 5) is 12.5. The Morgan fingerprint density at radius 2 is 2.16 bits per heavy atom. The number of para-hydroxylation sites is 1. The molecule has 0 aliphatic heterocycles. The highest BCUT2D eigenvalue weighted by Crippen LogP contribution is 2.22. The zero-order chi connectivity index (χ0) is 13.8. The van der Waals surface area contributed by atoms with E-state index in [1.165, 1.54) is 4.88 Å². The van der Waals surface area contributed by atoms with Gasteiger partial charge in [-0.2, -0.15) is 0 Å². The molecule has 2 N–H and O–H groups in total. The fourth-order valence-electron chi connectivity index (χ4n) is 2.07. The maximum Gasteiger partial charge on any atom is 0.337 e. The van der Waals surface area contributed by atoms with Crippen LogP contribution in [0, 0.1) is 6.92 Å². The number of rotatable bonds is 5. The van der Waals surface area contributed by atoms with E-state index in [2.05, 4.69) is 23.7 Å². The molecule has 0 saturated carbocycles. The van der Waals surface area contributed by atoms with E-state index < -0.39 is 5.97 Å². The highest BCUT2D eigenvalue weighted by atomic mass is 32.1. The summed E-state index contributed by atoms with van der Waals surface area (Å²) in [5, 5.41) is 14.6. The van der Waals surface area contributed by atoms with Crippen molar-refractivity contribution in [3.05, 3.63) is 51.7 Å². The first-order chi connectivity index (χ1) is 9.08. The van der Waals surface area contributed by atoms with E-state index in [0.717, 1.165) is 17.7 Å². The van der Waals surface area contributed by atoms with Crippen LogP contribution in [0.25, 0.3) is 0 Å². The van der Waals surface area contributed by atoms with Crippen LogP contribution in [0.1, 0.15) is 27.7 Å². The quantitative estimate of drug-likeness (QED) is 0.872. The summed E-state index contributed by atoms with van der Waals surface area (Å²) in [6.45, 7) is 3.99. The minimum absolute atomic E-state index is 0.192. The summed E-state index contributed by atoms with van der Waals surface area (Å²) in [7, 11) is 0. The molecule has 2 aromatic rings. The first-order valence-corrected chi connectivity index (χ1v) is 7.07. The van der Waals surface area contributed by atoms with Gasteiger partial charge in [0.25, 0.3) is 0 Å². The van der Waals surface area contributed by atoms with E-state index in [-0.39, 0.29) is 6.04 Å². The second kappa shape index (κ2) is 5.89. The Hall–Kier alpha value is -1.81. The lowest BCUT2D eigenvalue weighted by molar-refractivity contribution is 0.0698. The van der Waals surface area contributed by atoms with Crippen LogP contribution < -0.4 is 5.32 Å². The first kappa shape index (κ1) is 13.6. The molecule has 1 atom stereocenters. The van der Waals surface area contributed by atoms with Gasteiger partial charge in [0.1, 0.15) is 0 Å². The Morgan fingerprint density at radius 1 is 1.37 bits per heavy atom. The molecule has 0 fully saturated rings. The molecule has 0 radical (unpaired) electrons. The van der Waals surface area contributed by atoms with E-state index in [4.69, 9.17) is 0 Å². The number of hydrogen-bond donors (Lipinski definition) is 2. The number of aromatic carboxylic acids is 1. The molecule has 0 bridgehead atoms. The average Bonchev–Trinajstić information content (AvgIpc) is 2.84. The third kappa shape index (κ3) is 3.35. The van der Waals surface area contributed by atoms with E-state index in [9.17, 15) is 9.90 Å². The summed E-state index contributed by atoms with van der Waals surface area (Å²) in [6, 6.07) is 9.65. The lowest BCUT2D eigenvalue weighted by atomic mass is 10.1. The molecule has 2 rings (SSSR count). The first-order valence-electron chi connectivity index (χ1n) is 6.19. The predicted molar refractivity (Wildman–Crippen MR) is 79.2 cm³/mol. The monoisotopic (exact) mass is 275 g/mol. The molecule has 1 heterocycles. The topological polar surface area (TPSA) is 49.3 Å². The molecule has 1 aromatic carbocycles. The Morgan fingerprint density at radius 3 is 2.79 bits per heavy atom. The van der Waals surface area contributed by atoms with E-state index >= 15 is 0 Å². The van der Waals surface area contributed by atoms with Crippen LogP contribution >= 0.6 is 11.3 Å². The van der Waals surface area contributed by atoms with Crippen molar-refractivity contribution in [2.45, 2.75) is 26.3 Å². The summed E-state index contributed by atoms with van der Waals surface area (Å²) >= 11 is 1.72. The molecule has 1 aromatic heterocycles. The Balaban J connectivity index is 2.16. The van der Waals surface area contributed by atoms with Crippen molar-refractivity contribution in [3.8, 4) is 0 Å². The fraction of sp³-hybridized carbons (Fsp3) is 0.267. The van der Waals surface area contributed by atoms with Gasteiger partial charge in [-0.15, -0.1) is 11.3 Å². The summed E-state index contributed by atoms with van der Waals surface area (Å²) < 4.78 is 0. The Kier molecular flexibility index (Phi) is 4.22. The van der Waals surface area contributed by atoms with Crippen molar-refractivity contribution in [2.75, 3.05) is 5.32 Å². The molecule has 0 saturated heterocycles. The smallest absolute Gasteiger partial charge is 0.337 e. The van der Waals surface area contributed by atoms with Crippen LogP contribution in [0.5, 0.6) is 0 Å². The predicted octanol–water partition coefficient (Wildman–Crippen LogP) is 3.80. The normalized spacial score (nSPS) is 12.1. The van der Waals surface area contributed by atoms with Crippen LogP contribution in [0.15, 0.2) is 35.7 Å². The maximum atomic E-state index is 11.2. The maximum absolute atomic E-state index is 11.2. The van der Waals surface area contributed by atoms with Crippen molar-refractivity contribution in [1.29, 1.82) is 0 Å². The fourth-order valence-corrected chi connectivity index (χ4v) is 2.90. The van der Waals surface area contributed by atoms with Gasteiger partial charge in [0.15, 0.2) is 0 Å². The number of aryl methyl sites for hydroxylation is 1. The van der Waals surface area contributed by atoms with Crippen molar-refractivity contribution in [1.82, 2.24) is 0 Å². The number of anilines is 1. The van der Waals surface area contributed by atoms with Gasteiger partial charge in [0.2, 0.25) is 0 Å².